The highest BCUT2D eigenvalue weighted by molar-refractivity contribution is 5.68. The maximum Gasteiger partial charge on any atom is 0.0687 e. The predicted octanol–water partition coefficient (Wildman–Crippen LogP) is 2.34. The van der Waals surface area contributed by atoms with Crippen LogP contribution in [0.25, 0.3) is 11.1 Å². The van der Waals surface area contributed by atoms with Gasteiger partial charge in [-0.2, -0.15) is 0 Å². The van der Waals surface area contributed by atoms with E-state index in [4.69, 9.17) is 5.11 Å². The van der Waals surface area contributed by atoms with Crippen LogP contribution in [0.4, 0.5) is 0 Å². The van der Waals surface area contributed by atoms with Gasteiger partial charge in [0.25, 0.3) is 0 Å². The van der Waals surface area contributed by atoms with Gasteiger partial charge in [-0.05, 0) is 28.3 Å². The highest BCUT2D eigenvalue weighted by Crippen LogP contribution is 2.25. The molecule has 0 spiro atoms. The molecule has 2 nitrogen and oxygen atoms in total. The zero-order chi connectivity index (χ0) is 11.4. The number of aliphatic hydroxyl groups is 2. The molecule has 0 heterocycles. The molecule has 2 rings (SSSR count). The van der Waals surface area contributed by atoms with E-state index in [-0.39, 0.29) is 13.2 Å². The molecule has 2 aromatic rings. The van der Waals surface area contributed by atoms with Gasteiger partial charge >= 0.3 is 0 Å². The first kappa shape index (κ1) is 10.9. The second kappa shape index (κ2) is 4.92. The fraction of sp³-hybridized carbons (Fsp3) is 0.143. The van der Waals surface area contributed by atoms with Crippen LogP contribution >= 0.6 is 0 Å². The summed E-state index contributed by atoms with van der Waals surface area (Å²) in [5.74, 6) is 0. The van der Waals surface area contributed by atoms with E-state index >= 15 is 0 Å². The third kappa shape index (κ3) is 2.13. The molecule has 0 aliphatic heterocycles. The molecule has 0 atom stereocenters. The van der Waals surface area contributed by atoms with Crippen molar-refractivity contribution in [3.05, 3.63) is 59.7 Å². The van der Waals surface area contributed by atoms with Crippen molar-refractivity contribution in [2.24, 2.45) is 0 Å². The van der Waals surface area contributed by atoms with Crippen molar-refractivity contribution in [3.8, 4) is 11.1 Å². The maximum atomic E-state index is 9.28. The van der Waals surface area contributed by atoms with Gasteiger partial charge in [-0.3, -0.25) is 0 Å². The third-order valence-corrected chi connectivity index (χ3v) is 2.61. The van der Waals surface area contributed by atoms with E-state index in [1.54, 1.807) is 0 Å². The molecular weight excluding hydrogens is 200 g/mol. The Labute approximate surface area is 94.8 Å². The summed E-state index contributed by atoms with van der Waals surface area (Å²) in [6.07, 6.45) is 0. The zero-order valence-corrected chi connectivity index (χ0v) is 8.93. The summed E-state index contributed by atoms with van der Waals surface area (Å²) >= 11 is 0. The minimum atomic E-state index is 0.00986. The minimum absolute atomic E-state index is 0.00986. The van der Waals surface area contributed by atoms with E-state index in [1.165, 1.54) is 0 Å². The summed E-state index contributed by atoms with van der Waals surface area (Å²) < 4.78 is 0. The van der Waals surface area contributed by atoms with E-state index in [1.807, 2.05) is 48.5 Å². The largest absolute Gasteiger partial charge is 0.392 e. The van der Waals surface area contributed by atoms with Crippen LogP contribution in [0, 0.1) is 0 Å². The molecule has 2 heteroatoms. The van der Waals surface area contributed by atoms with Crippen LogP contribution in [0.1, 0.15) is 11.1 Å². The summed E-state index contributed by atoms with van der Waals surface area (Å²) in [5, 5.41) is 18.4. The second-order valence-electron chi connectivity index (χ2n) is 3.67. The molecule has 0 aliphatic rings. The van der Waals surface area contributed by atoms with Crippen molar-refractivity contribution in [1.29, 1.82) is 0 Å². The average molecular weight is 214 g/mol. The summed E-state index contributed by atoms with van der Waals surface area (Å²) in [4.78, 5) is 0. The van der Waals surface area contributed by atoms with Crippen LogP contribution in [0.5, 0.6) is 0 Å². The second-order valence-corrected chi connectivity index (χ2v) is 3.67. The minimum Gasteiger partial charge on any atom is -0.392 e. The van der Waals surface area contributed by atoms with Gasteiger partial charge in [0.15, 0.2) is 0 Å². The molecule has 2 N–H and O–H groups in total. The van der Waals surface area contributed by atoms with Crippen molar-refractivity contribution < 1.29 is 10.2 Å². The molecule has 0 unspecified atom stereocenters. The van der Waals surface area contributed by atoms with Gasteiger partial charge in [-0.1, -0.05) is 42.5 Å². The normalized spacial score (nSPS) is 10.4. The standard InChI is InChI=1S/C14H14O2/c15-9-11-6-7-13(10-16)14(8-11)12-4-2-1-3-5-12/h1-8,15-16H,9-10H2. The molecule has 0 aliphatic carbocycles. The van der Waals surface area contributed by atoms with Crippen molar-refractivity contribution >= 4 is 0 Å². The van der Waals surface area contributed by atoms with Gasteiger partial charge in [-0.15, -0.1) is 0 Å². The SMILES string of the molecule is OCc1ccc(CO)c(-c2ccccc2)c1. The number of benzene rings is 2. The van der Waals surface area contributed by atoms with Crippen LogP contribution in [-0.4, -0.2) is 10.2 Å². The Hall–Kier alpha value is -1.64. The van der Waals surface area contributed by atoms with E-state index in [0.717, 1.165) is 22.3 Å². The van der Waals surface area contributed by atoms with Crippen molar-refractivity contribution in [2.45, 2.75) is 13.2 Å². The molecule has 0 saturated heterocycles. The molecule has 0 saturated carbocycles. The van der Waals surface area contributed by atoms with Gasteiger partial charge in [0.1, 0.15) is 0 Å². The Morgan fingerprint density at radius 1 is 0.812 bits per heavy atom. The van der Waals surface area contributed by atoms with Gasteiger partial charge in [0, 0.05) is 0 Å². The van der Waals surface area contributed by atoms with Gasteiger partial charge in [-0.25, -0.2) is 0 Å². The lowest BCUT2D eigenvalue weighted by Crippen LogP contribution is -1.92. The van der Waals surface area contributed by atoms with Crippen molar-refractivity contribution in [2.75, 3.05) is 0 Å². The lowest BCUT2D eigenvalue weighted by Gasteiger charge is -2.09. The van der Waals surface area contributed by atoms with Crippen molar-refractivity contribution in [3.63, 3.8) is 0 Å². The van der Waals surface area contributed by atoms with Crippen LogP contribution < -0.4 is 0 Å². The quantitative estimate of drug-likeness (QED) is 0.823. The lowest BCUT2D eigenvalue weighted by molar-refractivity contribution is 0.278. The molecule has 82 valence electrons. The molecular formula is C14H14O2. The van der Waals surface area contributed by atoms with E-state index < -0.39 is 0 Å². The molecule has 0 amide bonds. The highest BCUT2D eigenvalue weighted by Gasteiger charge is 2.04. The highest BCUT2D eigenvalue weighted by atomic mass is 16.3. The fourth-order valence-electron chi connectivity index (χ4n) is 1.75. The number of hydrogen-bond acceptors (Lipinski definition) is 2. The first-order chi connectivity index (χ1) is 7.85. The Morgan fingerprint density at radius 2 is 1.56 bits per heavy atom. The molecule has 2 aromatic carbocycles. The average Bonchev–Trinajstić information content (AvgIpc) is 2.39. The summed E-state index contributed by atoms with van der Waals surface area (Å²) in [6, 6.07) is 15.5. The number of hydrogen-bond donors (Lipinski definition) is 2. The monoisotopic (exact) mass is 214 g/mol. The molecule has 0 aromatic heterocycles. The van der Waals surface area contributed by atoms with Gasteiger partial charge in [0.05, 0.1) is 13.2 Å². The van der Waals surface area contributed by atoms with Gasteiger partial charge < -0.3 is 10.2 Å². The zero-order valence-electron chi connectivity index (χ0n) is 8.93. The summed E-state index contributed by atoms with van der Waals surface area (Å²) in [7, 11) is 0. The van der Waals surface area contributed by atoms with Crippen LogP contribution in [0.15, 0.2) is 48.5 Å². The Kier molecular flexibility index (Phi) is 3.34. The molecule has 16 heavy (non-hydrogen) atoms. The van der Waals surface area contributed by atoms with Crippen LogP contribution in [0.3, 0.4) is 0 Å². The number of aliphatic hydroxyl groups excluding tert-OH is 2. The summed E-state index contributed by atoms with van der Waals surface area (Å²) in [6.45, 7) is 0.0292. The Bertz CT molecular complexity index is 463. The molecule has 0 bridgehead atoms. The first-order valence-electron chi connectivity index (χ1n) is 5.24. The molecule has 0 radical (unpaired) electrons. The number of rotatable bonds is 3. The van der Waals surface area contributed by atoms with Crippen LogP contribution in [0.2, 0.25) is 0 Å². The fourth-order valence-corrected chi connectivity index (χ4v) is 1.75. The molecule has 0 fully saturated rings. The van der Waals surface area contributed by atoms with Crippen LogP contribution in [-0.2, 0) is 13.2 Å². The predicted molar refractivity (Wildman–Crippen MR) is 63.7 cm³/mol. The van der Waals surface area contributed by atoms with E-state index in [0.29, 0.717) is 0 Å². The van der Waals surface area contributed by atoms with Gasteiger partial charge in [0.2, 0.25) is 0 Å². The lowest BCUT2D eigenvalue weighted by atomic mass is 9.98. The first-order valence-corrected chi connectivity index (χ1v) is 5.24. The van der Waals surface area contributed by atoms with Crippen molar-refractivity contribution in [1.82, 2.24) is 0 Å². The topological polar surface area (TPSA) is 40.5 Å². The smallest absolute Gasteiger partial charge is 0.0687 e. The van der Waals surface area contributed by atoms with E-state index in [2.05, 4.69) is 0 Å². The Balaban J connectivity index is 2.53. The summed E-state index contributed by atoms with van der Waals surface area (Å²) in [5.41, 5.74) is 3.77. The third-order valence-electron chi connectivity index (χ3n) is 2.61. The Morgan fingerprint density at radius 3 is 2.19 bits per heavy atom. The maximum absolute atomic E-state index is 9.28. The van der Waals surface area contributed by atoms with E-state index in [9.17, 15) is 5.11 Å².